The molecule has 0 atom stereocenters. The summed E-state index contributed by atoms with van der Waals surface area (Å²) in [6.45, 7) is 5.08. The highest BCUT2D eigenvalue weighted by molar-refractivity contribution is 6.27. The van der Waals surface area contributed by atoms with Crippen molar-refractivity contribution in [2.45, 2.75) is 64.5 Å². The zero-order chi connectivity index (χ0) is 15.2. The molecule has 0 N–H and O–H groups in total. The molecule has 0 aliphatic heterocycles. The molecule has 21 heavy (non-hydrogen) atoms. The van der Waals surface area contributed by atoms with Crippen LogP contribution in [0.25, 0.3) is 0 Å². The van der Waals surface area contributed by atoms with E-state index >= 15 is 0 Å². The fourth-order valence-corrected chi connectivity index (χ4v) is 3.25. The standard InChI is InChI=1S/C18H26ClNO/c1-14(2)16-10-8-15(9-11-16)13-20(18(21)12-19)17-6-4-3-5-7-17/h8-11,14,17H,3-7,12-13H2,1-2H3. The van der Waals surface area contributed by atoms with Crippen LogP contribution in [0.5, 0.6) is 0 Å². The summed E-state index contributed by atoms with van der Waals surface area (Å²) in [6, 6.07) is 9.00. The lowest BCUT2D eigenvalue weighted by atomic mass is 9.93. The van der Waals surface area contributed by atoms with Crippen molar-refractivity contribution in [2.75, 3.05) is 5.88 Å². The molecule has 3 heteroatoms. The molecule has 1 aliphatic rings. The van der Waals surface area contributed by atoms with Gasteiger partial charge in [-0.05, 0) is 29.9 Å². The lowest BCUT2D eigenvalue weighted by molar-refractivity contribution is -0.132. The first-order valence-corrected chi connectivity index (χ1v) is 8.59. The van der Waals surface area contributed by atoms with Crippen molar-refractivity contribution < 1.29 is 4.79 Å². The summed E-state index contributed by atoms with van der Waals surface area (Å²) in [6.07, 6.45) is 5.98. The maximum Gasteiger partial charge on any atom is 0.238 e. The van der Waals surface area contributed by atoms with Crippen molar-refractivity contribution in [3.63, 3.8) is 0 Å². The predicted molar refractivity (Wildman–Crippen MR) is 88.7 cm³/mol. The van der Waals surface area contributed by atoms with Crippen molar-refractivity contribution in [3.05, 3.63) is 35.4 Å². The minimum Gasteiger partial charge on any atom is -0.334 e. The normalized spacial score (nSPS) is 16.2. The smallest absolute Gasteiger partial charge is 0.238 e. The van der Waals surface area contributed by atoms with E-state index in [4.69, 9.17) is 11.6 Å². The Balaban J connectivity index is 2.08. The molecule has 1 amide bonds. The zero-order valence-electron chi connectivity index (χ0n) is 13.1. The largest absolute Gasteiger partial charge is 0.334 e. The Morgan fingerprint density at radius 1 is 1.19 bits per heavy atom. The third-order valence-electron chi connectivity index (χ3n) is 4.45. The highest BCUT2D eigenvalue weighted by atomic mass is 35.5. The molecule has 116 valence electrons. The van der Waals surface area contributed by atoms with Crippen molar-refractivity contribution in [2.24, 2.45) is 0 Å². The van der Waals surface area contributed by atoms with Gasteiger partial charge in [0.1, 0.15) is 5.88 Å². The maximum atomic E-state index is 12.2. The molecule has 0 heterocycles. The maximum absolute atomic E-state index is 12.2. The second kappa shape index (κ2) is 7.84. The van der Waals surface area contributed by atoms with Gasteiger partial charge in [0.25, 0.3) is 0 Å². The van der Waals surface area contributed by atoms with Gasteiger partial charge in [-0.2, -0.15) is 0 Å². The van der Waals surface area contributed by atoms with Crippen LogP contribution in [-0.2, 0) is 11.3 Å². The molecule has 1 saturated carbocycles. The number of halogens is 1. The van der Waals surface area contributed by atoms with Gasteiger partial charge in [-0.3, -0.25) is 4.79 Å². The van der Waals surface area contributed by atoms with E-state index in [0.717, 1.165) is 12.8 Å². The third kappa shape index (κ3) is 4.47. The van der Waals surface area contributed by atoms with Gasteiger partial charge in [0.15, 0.2) is 0 Å². The Hall–Kier alpha value is -1.02. The van der Waals surface area contributed by atoms with Gasteiger partial charge < -0.3 is 4.90 Å². The summed E-state index contributed by atoms with van der Waals surface area (Å²) in [5.74, 6) is 0.690. The minimum absolute atomic E-state index is 0.0662. The average Bonchev–Trinajstić information content (AvgIpc) is 2.53. The van der Waals surface area contributed by atoms with E-state index in [1.807, 2.05) is 4.90 Å². The number of hydrogen-bond donors (Lipinski definition) is 0. The van der Waals surface area contributed by atoms with Crippen LogP contribution in [0.15, 0.2) is 24.3 Å². The molecule has 2 rings (SSSR count). The lowest BCUT2D eigenvalue weighted by Crippen LogP contribution is -2.41. The Morgan fingerprint density at radius 2 is 1.81 bits per heavy atom. The van der Waals surface area contributed by atoms with Gasteiger partial charge in [0, 0.05) is 12.6 Å². The summed E-state index contributed by atoms with van der Waals surface area (Å²) >= 11 is 5.81. The van der Waals surface area contributed by atoms with E-state index in [9.17, 15) is 4.79 Å². The second-order valence-corrected chi connectivity index (χ2v) is 6.61. The van der Waals surface area contributed by atoms with Crippen LogP contribution in [-0.4, -0.2) is 22.7 Å². The fourth-order valence-electron chi connectivity index (χ4n) is 3.10. The number of carbonyl (C=O) groups is 1. The van der Waals surface area contributed by atoms with E-state index in [1.165, 1.54) is 30.4 Å². The van der Waals surface area contributed by atoms with Gasteiger partial charge in [0.2, 0.25) is 5.91 Å². The average molecular weight is 308 g/mol. The third-order valence-corrected chi connectivity index (χ3v) is 4.68. The molecular formula is C18H26ClNO. The van der Waals surface area contributed by atoms with Gasteiger partial charge in [0.05, 0.1) is 0 Å². The summed E-state index contributed by atoms with van der Waals surface area (Å²) in [4.78, 5) is 14.2. The Labute approximate surface area is 133 Å². The SMILES string of the molecule is CC(C)c1ccc(CN(C(=O)CCl)C2CCCCC2)cc1. The van der Waals surface area contributed by atoms with E-state index in [0.29, 0.717) is 18.5 Å². The Morgan fingerprint density at radius 3 is 2.33 bits per heavy atom. The molecule has 0 bridgehead atoms. The van der Waals surface area contributed by atoms with E-state index in [2.05, 4.69) is 38.1 Å². The van der Waals surface area contributed by atoms with Crippen molar-refractivity contribution >= 4 is 17.5 Å². The summed E-state index contributed by atoms with van der Waals surface area (Å²) in [5, 5.41) is 0. The molecule has 0 radical (unpaired) electrons. The molecule has 0 unspecified atom stereocenters. The summed E-state index contributed by atoms with van der Waals surface area (Å²) < 4.78 is 0. The molecule has 0 saturated heterocycles. The molecule has 1 fully saturated rings. The Bertz CT molecular complexity index is 449. The second-order valence-electron chi connectivity index (χ2n) is 6.34. The molecule has 1 aromatic rings. The Kier molecular flexibility index (Phi) is 6.10. The molecule has 1 aromatic carbocycles. The number of alkyl halides is 1. The monoisotopic (exact) mass is 307 g/mol. The van der Waals surface area contributed by atoms with Crippen LogP contribution in [0, 0.1) is 0 Å². The lowest BCUT2D eigenvalue weighted by Gasteiger charge is -2.34. The predicted octanol–water partition coefficient (Wildman–Crippen LogP) is 4.71. The van der Waals surface area contributed by atoms with E-state index in [-0.39, 0.29) is 11.8 Å². The number of rotatable bonds is 5. The highest BCUT2D eigenvalue weighted by Crippen LogP contribution is 2.25. The summed E-state index contributed by atoms with van der Waals surface area (Å²) in [5.41, 5.74) is 2.54. The number of benzene rings is 1. The first-order valence-electron chi connectivity index (χ1n) is 8.06. The topological polar surface area (TPSA) is 20.3 Å². The van der Waals surface area contributed by atoms with Crippen molar-refractivity contribution in [1.29, 1.82) is 0 Å². The van der Waals surface area contributed by atoms with Crippen LogP contribution in [0.4, 0.5) is 0 Å². The van der Waals surface area contributed by atoms with Crippen LogP contribution in [0.1, 0.15) is 63.0 Å². The zero-order valence-corrected chi connectivity index (χ0v) is 13.9. The van der Waals surface area contributed by atoms with Crippen molar-refractivity contribution in [3.8, 4) is 0 Å². The van der Waals surface area contributed by atoms with Crippen LogP contribution < -0.4 is 0 Å². The van der Waals surface area contributed by atoms with E-state index < -0.39 is 0 Å². The first-order chi connectivity index (χ1) is 10.1. The van der Waals surface area contributed by atoms with E-state index in [1.54, 1.807) is 0 Å². The minimum atomic E-state index is 0.0662. The first kappa shape index (κ1) is 16.4. The van der Waals surface area contributed by atoms with Gasteiger partial charge in [-0.1, -0.05) is 57.4 Å². The molecule has 0 spiro atoms. The number of nitrogens with zero attached hydrogens (tertiary/aromatic N) is 1. The van der Waals surface area contributed by atoms with Gasteiger partial charge >= 0.3 is 0 Å². The molecular weight excluding hydrogens is 282 g/mol. The summed E-state index contributed by atoms with van der Waals surface area (Å²) in [7, 11) is 0. The molecule has 2 nitrogen and oxygen atoms in total. The quantitative estimate of drug-likeness (QED) is 0.721. The fraction of sp³-hybridized carbons (Fsp3) is 0.611. The molecule has 1 aliphatic carbocycles. The van der Waals surface area contributed by atoms with Crippen molar-refractivity contribution in [1.82, 2.24) is 4.90 Å². The molecule has 0 aromatic heterocycles. The highest BCUT2D eigenvalue weighted by Gasteiger charge is 2.24. The number of carbonyl (C=O) groups excluding carboxylic acids is 1. The number of amides is 1. The van der Waals surface area contributed by atoms with Gasteiger partial charge in [-0.25, -0.2) is 0 Å². The van der Waals surface area contributed by atoms with Gasteiger partial charge in [-0.15, -0.1) is 11.6 Å². The van der Waals surface area contributed by atoms with Crippen LogP contribution in [0.2, 0.25) is 0 Å². The van der Waals surface area contributed by atoms with Crippen LogP contribution >= 0.6 is 11.6 Å². The number of hydrogen-bond acceptors (Lipinski definition) is 1. The van der Waals surface area contributed by atoms with Crippen LogP contribution in [0.3, 0.4) is 0 Å².